The van der Waals surface area contributed by atoms with Crippen molar-refractivity contribution in [2.24, 2.45) is 5.92 Å². The molecule has 2 unspecified atom stereocenters. The summed E-state index contributed by atoms with van der Waals surface area (Å²) in [4.78, 5) is 1.17. The van der Waals surface area contributed by atoms with Crippen LogP contribution in [0, 0.1) is 5.92 Å². The molecule has 0 saturated carbocycles. The first-order valence-electron chi connectivity index (χ1n) is 5.52. The van der Waals surface area contributed by atoms with E-state index in [1.807, 2.05) is 6.07 Å². The lowest BCUT2D eigenvalue weighted by molar-refractivity contribution is 0.258. The zero-order chi connectivity index (χ0) is 12.0. The topological polar surface area (TPSA) is 54.4 Å². The Labute approximate surface area is 101 Å². The minimum absolute atomic E-state index is 0.256. The third-order valence-corrected chi connectivity index (χ3v) is 3.49. The third kappa shape index (κ3) is 4.08. The maximum atomic E-state index is 8.80. The molecule has 0 aliphatic carbocycles. The molecule has 0 aromatic carbocycles. The van der Waals surface area contributed by atoms with Crippen molar-refractivity contribution in [3.05, 3.63) is 10.9 Å². The smallest absolute Gasteiger partial charge is 0.225 e. The summed E-state index contributed by atoms with van der Waals surface area (Å²) < 4.78 is 9.21. The molecule has 16 heavy (non-hydrogen) atoms. The molecule has 1 rings (SSSR count). The molecule has 2 atom stereocenters. The van der Waals surface area contributed by atoms with Crippen molar-refractivity contribution in [3.63, 3.8) is 0 Å². The van der Waals surface area contributed by atoms with E-state index in [1.165, 1.54) is 16.4 Å². The van der Waals surface area contributed by atoms with E-state index in [0.717, 1.165) is 13.0 Å². The van der Waals surface area contributed by atoms with Crippen LogP contribution in [0.25, 0.3) is 0 Å². The number of aliphatic hydroxyl groups excluding tert-OH is 1. The number of hydrogen-bond donors (Lipinski definition) is 2. The largest absolute Gasteiger partial charge is 0.480 e. The Morgan fingerprint density at radius 3 is 2.88 bits per heavy atom. The summed E-state index contributed by atoms with van der Waals surface area (Å²) in [5.41, 5.74) is 0. The van der Waals surface area contributed by atoms with Gasteiger partial charge in [-0.2, -0.15) is 4.37 Å². The van der Waals surface area contributed by atoms with Gasteiger partial charge in [0.1, 0.15) is 0 Å². The molecule has 2 N–H and O–H groups in total. The van der Waals surface area contributed by atoms with Gasteiger partial charge < -0.3 is 15.2 Å². The fraction of sp³-hybridized carbons (Fsp3) is 0.727. The van der Waals surface area contributed by atoms with Crippen LogP contribution in [0.4, 0.5) is 0 Å². The minimum atomic E-state index is 0.256. The Bertz CT molecular complexity index is 304. The summed E-state index contributed by atoms with van der Waals surface area (Å²) in [5.74, 6) is 1.17. The Hall–Kier alpha value is -0.650. The molecule has 92 valence electrons. The molecular formula is C11H20N2O2S. The second-order valence-corrected chi connectivity index (χ2v) is 4.86. The molecule has 0 amide bonds. The molecule has 0 fully saturated rings. The van der Waals surface area contributed by atoms with Gasteiger partial charge in [0.05, 0.1) is 7.11 Å². The van der Waals surface area contributed by atoms with Gasteiger partial charge in [0.2, 0.25) is 5.88 Å². The Balaban J connectivity index is 2.37. The zero-order valence-electron chi connectivity index (χ0n) is 10.1. The van der Waals surface area contributed by atoms with Gasteiger partial charge in [-0.25, -0.2) is 0 Å². The summed E-state index contributed by atoms with van der Waals surface area (Å²) in [6.07, 6.45) is 0.839. The average molecular weight is 244 g/mol. The van der Waals surface area contributed by atoms with E-state index >= 15 is 0 Å². The first-order valence-corrected chi connectivity index (χ1v) is 6.29. The van der Waals surface area contributed by atoms with E-state index in [-0.39, 0.29) is 12.6 Å². The van der Waals surface area contributed by atoms with Crippen LogP contribution in [0.15, 0.2) is 6.07 Å². The van der Waals surface area contributed by atoms with Crippen LogP contribution in [-0.4, -0.2) is 29.7 Å². The normalized spacial score (nSPS) is 14.8. The molecule has 1 heterocycles. The highest BCUT2D eigenvalue weighted by atomic mass is 32.1. The van der Waals surface area contributed by atoms with Gasteiger partial charge in [0, 0.05) is 23.6 Å². The van der Waals surface area contributed by atoms with E-state index in [9.17, 15) is 0 Å². The van der Waals surface area contributed by atoms with E-state index in [1.54, 1.807) is 7.11 Å². The Morgan fingerprint density at radius 2 is 2.31 bits per heavy atom. The predicted octanol–water partition coefficient (Wildman–Crippen LogP) is 1.82. The summed E-state index contributed by atoms with van der Waals surface area (Å²) in [6, 6.07) is 2.24. The highest BCUT2D eigenvalue weighted by Gasteiger charge is 2.11. The molecule has 1 aromatic rings. The second kappa shape index (κ2) is 6.83. The lowest BCUT2D eigenvalue weighted by Gasteiger charge is -2.15. The average Bonchev–Trinajstić information content (AvgIpc) is 2.75. The van der Waals surface area contributed by atoms with Gasteiger partial charge in [0.15, 0.2) is 0 Å². The molecule has 0 bridgehead atoms. The van der Waals surface area contributed by atoms with Crippen molar-refractivity contribution in [2.45, 2.75) is 26.3 Å². The van der Waals surface area contributed by atoms with Crippen molar-refractivity contribution in [1.29, 1.82) is 0 Å². The highest BCUT2D eigenvalue weighted by molar-refractivity contribution is 7.06. The first kappa shape index (κ1) is 13.4. The lowest BCUT2D eigenvalue weighted by atomic mass is 10.1. The molecule has 0 spiro atoms. The molecular weight excluding hydrogens is 224 g/mol. The second-order valence-electron chi connectivity index (χ2n) is 4.02. The standard InChI is InChI=1S/C11H20N2O2S/c1-8(4-5-14)7-12-9(2)10-6-11(15-3)13-16-10/h6,8-9,12,14H,4-5,7H2,1-3H3. The third-order valence-electron chi connectivity index (χ3n) is 2.54. The van der Waals surface area contributed by atoms with Crippen molar-refractivity contribution in [3.8, 4) is 5.88 Å². The van der Waals surface area contributed by atoms with Crippen LogP contribution in [0.2, 0.25) is 0 Å². The fourth-order valence-electron chi connectivity index (χ4n) is 1.37. The predicted molar refractivity (Wildman–Crippen MR) is 66.0 cm³/mol. The number of hydrogen-bond acceptors (Lipinski definition) is 5. The molecule has 0 radical (unpaired) electrons. The van der Waals surface area contributed by atoms with Gasteiger partial charge in [-0.3, -0.25) is 0 Å². The number of aliphatic hydroxyl groups is 1. The SMILES string of the molecule is COc1cc(C(C)NCC(C)CCO)sn1. The van der Waals surface area contributed by atoms with Crippen molar-refractivity contribution >= 4 is 11.5 Å². The van der Waals surface area contributed by atoms with Crippen LogP contribution in [0.5, 0.6) is 5.88 Å². The van der Waals surface area contributed by atoms with Gasteiger partial charge in [-0.05, 0) is 37.3 Å². The molecule has 0 aliphatic heterocycles. The maximum absolute atomic E-state index is 8.80. The van der Waals surface area contributed by atoms with Crippen molar-refractivity contribution < 1.29 is 9.84 Å². The van der Waals surface area contributed by atoms with Crippen molar-refractivity contribution in [1.82, 2.24) is 9.69 Å². The van der Waals surface area contributed by atoms with E-state index in [2.05, 4.69) is 23.5 Å². The van der Waals surface area contributed by atoms with Crippen LogP contribution in [-0.2, 0) is 0 Å². The Kier molecular flexibility index (Phi) is 5.73. The number of nitrogens with zero attached hydrogens (tertiary/aromatic N) is 1. The number of rotatable bonds is 7. The van der Waals surface area contributed by atoms with Gasteiger partial charge in [0.25, 0.3) is 0 Å². The van der Waals surface area contributed by atoms with Gasteiger partial charge >= 0.3 is 0 Å². The van der Waals surface area contributed by atoms with Gasteiger partial charge in [-0.1, -0.05) is 6.92 Å². The van der Waals surface area contributed by atoms with E-state index in [4.69, 9.17) is 9.84 Å². The number of methoxy groups -OCH3 is 1. The Morgan fingerprint density at radius 1 is 1.56 bits per heavy atom. The van der Waals surface area contributed by atoms with Crippen molar-refractivity contribution in [2.75, 3.05) is 20.3 Å². The maximum Gasteiger partial charge on any atom is 0.225 e. The molecule has 5 heteroatoms. The summed E-state index contributed by atoms with van der Waals surface area (Å²) >= 11 is 1.46. The highest BCUT2D eigenvalue weighted by Crippen LogP contribution is 2.22. The summed E-state index contributed by atoms with van der Waals surface area (Å²) in [5, 5.41) is 12.2. The molecule has 0 aliphatic rings. The van der Waals surface area contributed by atoms with E-state index < -0.39 is 0 Å². The quantitative estimate of drug-likeness (QED) is 0.768. The lowest BCUT2D eigenvalue weighted by Crippen LogP contribution is -2.24. The fourth-order valence-corrected chi connectivity index (χ4v) is 2.09. The van der Waals surface area contributed by atoms with Crippen LogP contribution in [0.3, 0.4) is 0 Å². The zero-order valence-corrected chi connectivity index (χ0v) is 10.9. The van der Waals surface area contributed by atoms with E-state index in [0.29, 0.717) is 11.8 Å². The first-order chi connectivity index (χ1) is 7.67. The summed E-state index contributed by atoms with van der Waals surface area (Å²) in [6.45, 7) is 5.40. The molecule has 1 aromatic heterocycles. The number of nitrogens with one attached hydrogen (secondary N) is 1. The minimum Gasteiger partial charge on any atom is -0.480 e. The molecule has 0 saturated heterocycles. The van der Waals surface area contributed by atoms with Gasteiger partial charge in [-0.15, -0.1) is 0 Å². The monoisotopic (exact) mass is 244 g/mol. The van der Waals surface area contributed by atoms with Crippen LogP contribution >= 0.6 is 11.5 Å². The molecule has 4 nitrogen and oxygen atoms in total. The number of aromatic nitrogens is 1. The number of ether oxygens (including phenoxy) is 1. The van der Waals surface area contributed by atoms with Crippen LogP contribution in [0.1, 0.15) is 31.2 Å². The van der Waals surface area contributed by atoms with Crippen LogP contribution < -0.4 is 10.1 Å². The summed E-state index contributed by atoms with van der Waals surface area (Å²) in [7, 11) is 1.63.